The van der Waals surface area contributed by atoms with E-state index < -0.39 is 0 Å². The van der Waals surface area contributed by atoms with Gasteiger partial charge < -0.3 is 10.3 Å². The summed E-state index contributed by atoms with van der Waals surface area (Å²) in [6.07, 6.45) is 1.71. The molecule has 4 aromatic rings. The van der Waals surface area contributed by atoms with Crippen molar-refractivity contribution in [2.24, 2.45) is 0 Å². The molecule has 0 saturated carbocycles. The molecule has 0 spiro atoms. The molecule has 140 valence electrons. The number of rotatable bonds is 6. The number of nitro groups is 1. The fourth-order valence-corrected chi connectivity index (χ4v) is 3.86. The molecule has 2 aromatic carbocycles. The molecule has 0 saturated heterocycles. The number of aromatic nitrogens is 4. The van der Waals surface area contributed by atoms with Crippen molar-refractivity contribution in [2.75, 3.05) is 5.73 Å². The van der Waals surface area contributed by atoms with Gasteiger partial charge in [-0.1, -0.05) is 60.3 Å². The molecule has 4 rings (SSSR count). The van der Waals surface area contributed by atoms with E-state index in [0.717, 1.165) is 5.56 Å². The summed E-state index contributed by atoms with van der Waals surface area (Å²) in [6.45, 7) is 0.613. The van der Waals surface area contributed by atoms with Gasteiger partial charge in [-0.05, 0) is 5.56 Å². The van der Waals surface area contributed by atoms with Crippen LogP contribution in [0, 0.1) is 10.1 Å². The van der Waals surface area contributed by atoms with Gasteiger partial charge in [0.2, 0.25) is 5.95 Å². The third-order valence-corrected chi connectivity index (χ3v) is 5.21. The van der Waals surface area contributed by atoms with Crippen LogP contribution in [0.4, 0.5) is 11.6 Å². The molecule has 0 unspecified atom stereocenters. The van der Waals surface area contributed by atoms with Crippen molar-refractivity contribution in [2.45, 2.75) is 17.3 Å². The summed E-state index contributed by atoms with van der Waals surface area (Å²) in [5.41, 5.74) is 9.00. The van der Waals surface area contributed by atoms with Crippen LogP contribution in [-0.2, 0) is 12.3 Å². The zero-order valence-electron chi connectivity index (χ0n) is 14.7. The normalized spacial score (nSPS) is 11.0. The van der Waals surface area contributed by atoms with Crippen molar-refractivity contribution in [3.8, 4) is 0 Å². The van der Waals surface area contributed by atoms with Crippen LogP contribution in [0.5, 0.6) is 0 Å². The van der Waals surface area contributed by atoms with Gasteiger partial charge in [-0.25, -0.2) is 9.97 Å². The SMILES string of the molecule is Nc1nc(SCc2ccccc2[N+](=O)[O-])c2ncn(Cc3ccccc3)c2n1. The highest BCUT2D eigenvalue weighted by Crippen LogP contribution is 2.31. The van der Waals surface area contributed by atoms with E-state index in [0.29, 0.717) is 34.1 Å². The first kappa shape index (κ1) is 17.9. The zero-order valence-corrected chi connectivity index (χ0v) is 15.5. The molecule has 0 amide bonds. The monoisotopic (exact) mass is 392 g/mol. The maximum atomic E-state index is 11.2. The molecular formula is C19H16N6O2S. The van der Waals surface area contributed by atoms with E-state index >= 15 is 0 Å². The maximum Gasteiger partial charge on any atom is 0.273 e. The number of hydrogen-bond donors (Lipinski definition) is 1. The lowest BCUT2D eigenvalue weighted by atomic mass is 10.2. The fraction of sp³-hybridized carbons (Fsp3) is 0.105. The number of fused-ring (bicyclic) bond motifs is 1. The largest absolute Gasteiger partial charge is 0.368 e. The Labute approximate surface area is 164 Å². The molecule has 9 heteroatoms. The molecule has 0 aliphatic rings. The number of hydrogen-bond acceptors (Lipinski definition) is 7. The second-order valence-electron chi connectivity index (χ2n) is 6.09. The first-order valence-corrected chi connectivity index (χ1v) is 9.48. The second kappa shape index (κ2) is 7.65. The molecule has 0 aliphatic carbocycles. The highest BCUT2D eigenvalue weighted by molar-refractivity contribution is 7.98. The Hall–Kier alpha value is -3.46. The van der Waals surface area contributed by atoms with Crippen LogP contribution in [-0.4, -0.2) is 24.4 Å². The van der Waals surface area contributed by atoms with Gasteiger partial charge in [0.25, 0.3) is 5.69 Å². The van der Waals surface area contributed by atoms with Gasteiger partial charge >= 0.3 is 0 Å². The zero-order chi connectivity index (χ0) is 19.5. The molecule has 28 heavy (non-hydrogen) atoms. The minimum Gasteiger partial charge on any atom is -0.368 e. The molecule has 8 nitrogen and oxygen atoms in total. The Morgan fingerprint density at radius 1 is 1.07 bits per heavy atom. The predicted molar refractivity (Wildman–Crippen MR) is 108 cm³/mol. The number of nitrogens with two attached hydrogens (primary N) is 1. The van der Waals surface area contributed by atoms with Crippen LogP contribution in [0.15, 0.2) is 66.0 Å². The van der Waals surface area contributed by atoms with Crippen molar-refractivity contribution in [1.82, 2.24) is 19.5 Å². The van der Waals surface area contributed by atoms with Crippen LogP contribution < -0.4 is 5.73 Å². The minimum absolute atomic E-state index is 0.0860. The van der Waals surface area contributed by atoms with E-state index in [2.05, 4.69) is 15.0 Å². The van der Waals surface area contributed by atoms with Crippen molar-refractivity contribution in [1.29, 1.82) is 0 Å². The lowest BCUT2D eigenvalue weighted by molar-refractivity contribution is -0.385. The summed E-state index contributed by atoms with van der Waals surface area (Å²) >= 11 is 1.36. The van der Waals surface area contributed by atoms with Crippen LogP contribution in [0.25, 0.3) is 11.2 Å². The van der Waals surface area contributed by atoms with Gasteiger partial charge in [-0.15, -0.1) is 0 Å². The number of nitrogens with zero attached hydrogens (tertiary/aromatic N) is 5. The van der Waals surface area contributed by atoms with Gasteiger partial charge in [0.1, 0.15) is 10.5 Å². The highest BCUT2D eigenvalue weighted by Gasteiger charge is 2.16. The van der Waals surface area contributed by atoms with Crippen LogP contribution in [0.3, 0.4) is 0 Å². The standard InChI is InChI=1S/C19H16N6O2S/c20-19-22-17-16(21-12-24(17)10-13-6-2-1-3-7-13)18(23-19)28-11-14-8-4-5-9-15(14)25(26)27/h1-9,12H,10-11H2,(H2,20,22,23). The van der Waals surface area contributed by atoms with E-state index in [-0.39, 0.29) is 16.6 Å². The molecule has 2 heterocycles. The van der Waals surface area contributed by atoms with Crippen molar-refractivity contribution >= 4 is 34.6 Å². The van der Waals surface area contributed by atoms with Gasteiger partial charge in [-0.3, -0.25) is 10.1 Å². The molecule has 2 N–H and O–H groups in total. The van der Waals surface area contributed by atoms with Crippen molar-refractivity contribution in [3.05, 3.63) is 82.2 Å². The lowest BCUT2D eigenvalue weighted by Gasteiger charge is -2.06. The molecular weight excluding hydrogens is 376 g/mol. The summed E-state index contributed by atoms with van der Waals surface area (Å²) in [5, 5.41) is 11.8. The Morgan fingerprint density at radius 2 is 1.82 bits per heavy atom. The van der Waals surface area contributed by atoms with E-state index in [1.165, 1.54) is 17.8 Å². The topological polar surface area (TPSA) is 113 Å². The second-order valence-corrected chi connectivity index (χ2v) is 7.06. The van der Waals surface area contributed by atoms with Crippen LogP contribution in [0.1, 0.15) is 11.1 Å². The van der Waals surface area contributed by atoms with Gasteiger partial charge in [-0.2, -0.15) is 4.98 Å². The van der Waals surface area contributed by atoms with E-state index in [1.807, 2.05) is 34.9 Å². The lowest BCUT2D eigenvalue weighted by Crippen LogP contribution is -2.03. The van der Waals surface area contributed by atoms with E-state index in [4.69, 9.17) is 5.73 Å². The van der Waals surface area contributed by atoms with Crippen molar-refractivity contribution < 1.29 is 4.92 Å². The first-order chi connectivity index (χ1) is 13.6. The number of imidazole rings is 1. The first-order valence-electron chi connectivity index (χ1n) is 8.49. The summed E-state index contributed by atoms with van der Waals surface area (Å²) in [6, 6.07) is 16.6. The molecule has 0 aliphatic heterocycles. The number of benzene rings is 2. The van der Waals surface area contributed by atoms with Crippen LogP contribution >= 0.6 is 11.8 Å². The van der Waals surface area contributed by atoms with Gasteiger partial charge in [0, 0.05) is 17.4 Å². The Bertz CT molecular complexity index is 1150. The Morgan fingerprint density at radius 3 is 2.61 bits per heavy atom. The quantitative estimate of drug-likeness (QED) is 0.231. The van der Waals surface area contributed by atoms with Crippen molar-refractivity contribution in [3.63, 3.8) is 0 Å². The summed E-state index contributed by atoms with van der Waals surface area (Å²) < 4.78 is 1.91. The summed E-state index contributed by atoms with van der Waals surface area (Å²) in [4.78, 5) is 23.9. The minimum atomic E-state index is -0.381. The summed E-state index contributed by atoms with van der Waals surface area (Å²) in [5.74, 6) is 0.529. The predicted octanol–water partition coefficient (Wildman–Crippen LogP) is 3.66. The molecule has 0 atom stereocenters. The molecule has 0 fully saturated rings. The molecule has 0 radical (unpaired) electrons. The highest BCUT2D eigenvalue weighted by atomic mass is 32.2. The maximum absolute atomic E-state index is 11.2. The molecule has 0 bridgehead atoms. The Balaban J connectivity index is 1.64. The van der Waals surface area contributed by atoms with E-state index in [9.17, 15) is 10.1 Å². The third-order valence-electron chi connectivity index (χ3n) is 4.20. The number of nitro benzene ring substituents is 1. The molecule has 2 aromatic heterocycles. The average molecular weight is 392 g/mol. The fourth-order valence-electron chi connectivity index (χ4n) is 2.89. The average Bonchev–Trinajstić information content (AvgIpc) is 3.09. The smallest absolute Gasteiger partial charge is 0.273 e. The number of nitrogen functional groups attached to an aromatic ring is 1. The third kappa shape index (κ3) is 3.65. The number of anilines is 1. The Kier molecular flexibility index (Phi) is 4.90. The number of thioether (sulfide) groups is 1. The summed E-state index contributed by atoms with van der Waals surface area (Å²) in [7, 11) is 0. The van der Waals surface area contributed by atoms with E-state index in [1.54, 1.807) is 24.5 Å². The van der Waals surface area contributed by atoms with Gasteiger partial charge in [0.05, 0.1) is 17.8 Å². The number of para-hydroxylation sites is 1. The van der Waals surface area contributed by atoms with Crippen LogP contribution in [0.2, 0.25) is 0 Å². The van der Waals surface area contributed by atoms with Gasteiger partial charge in [0.15, 0.2) is 5.65 Å².